The van der Waals surface area contributed by atoms with Crippen LogP contribution < -0.4 is 9.47 Å². The maximum absolute atomic E-state index is 14.8. The van der Waals surface area contributed by atoms with E-state index in [1.54, 1.807) is 24.3 Å². The molecule has 3 aromatic rings. The van der Waals surface area contributed by atoms with E-state index in [2.05, 4.69) is 23.7 Å². The fourth-order valence-corrected chi connectivity index (χ4v) is 10.1. The molecule has 0 spiro atoms. The number of rotatable bonds is 22. The molecule has 4 aliphatic rings. The van der Waals surface area contributed by atoms with Crippen molar-refractivity contribution in [1.82, 2.24) is 9.88 Å². The van der Waals surface area contributed by atoms with Crippen LogP contribution in [0.4, 0.5) is 5.69 Å². The average Bonchev–Trinajstić information content (AvgIpc) is 3.32. The maximum Gasteiger partial charge on any atom is 0.269 e. The number of nitrogens with zero attached hydrogens (tertiary/aromatic N) is 4. The maximum atomic E-state index is 14.8. The van der Waals surface area contributed by atoms with Crippen LogP contribution in [0.1, 0.15) is 106 Å². The summed E-state index contributed by atoms with van der Waals surface area (Å²) in [7, 11) is 0. The lowest BCUT2D eigenvalue weighted by Gasteiger charge is -2.60. The number of nitro benzene ring substituents is 1. The van der Waals surface area contributed by atoms with Crippen LogP contribution in [0.15, 0.2) is 96.2 Å². The number of carbonyl (C=O) groups excluding carboxylic acids is 1. The van der Waals surface area contributed by atoms with E-state index in [0.717, 1.165) is 61.0 Å². The third-order valence-corrected chi connectivity index (χ3v) is 13.0. The second-order valence-corrected chi connectivity index (χ2v) is 17.4. The number of aliphatic hydroxyl groups excluding tert-OH is 2. The molecule has 1 saturated heterocycles. The van der Waals surface area contributed by atoms with Gasteiger partial charge in [-0.15, -0.1) is 6.58 Å². The fourth-order valence-electron chi connectivity index (χ4n) is 10.1. The molecular formula is C51H64N4O10. The topological polar surface area (TPSA) is 175 Å². The number of nitro groups is 1. The molecule has 1 saturated carbocycles. The SMILES string of the molecule is C=CCO[C@@]12Oc3ccc(OCc4cccc(C)n4)cc3[C@H]3[C@H](CCCCO)[C@@H](CCCCO)C=C(C(=NOC4CCCCO4)C[C@@H]1N(CCC)C(=O)C=Cc1ccc([N+](=O)[O-])cc1)[C@H]32. The molecule has 2 aromatic carbocycles. The van der Waals surface area contributed by atoms with Crippen molar-refractivity contribution >= 4 is 23.4 Å². The lowest BCUT2D eigenvalue weighted by Crippen LogP contribution is -2.70. The molecule has 1 amide bonds. The summed E-state index contributed by atoms with van der Waals surface area (Å²) in [6.07, 6.45) is 14.7. The first-order chi connectivity index (χ1) is 31.7. The van der Waals surface area contributed by atoms with Crippen molar-refractivity contribution in [2.75, 3.05) is 33.0 Å². The number of hydrogen-bond donors (Lipinski definition) is 2. The lowest BCUT2D eigenvalue weighted by atomic mass is 9.55. The monoisotopic (exact) mass is 892 g/mol. The molecule has 348 valence electrons. The quantitative estimate of drug-likeness (QED) is 0.0324. The average molecular weight is 893 g/mol. The van der Waals surface area contributed by atoms with Gasteiger partial charge in [0.05, 0.1) is 35.5 Å². The second-order valence-electron chi connectivity index (χ2n) is 17.4. The highest BCUT2D eigenvalue weighted by molar-refractivity contribution is 6.03. The number of fused-ring (bicyclic) bond motifs is 2. The Kier molecular flexibility index (Phi) is 16.6. The van der Waals surface area contributed by atoms with Crippen molar-refractivity contribution in [1.29, 1.82) is 0 Å². The number of aliphatic hydroxyl groups is 2. The van der Waals surface area contributed by atoms with Gasteiger partial charge in [0, 0.05) is 68.0 Å². The number of hydrogen-bond acceptors (Lipinski definition) is 12. The van der Waals surface area contributed by atoms with Crippen LogP contribution in [0, 0.1) is 34.8 Å². The minimum Gasteiger partial charge on any atom is -0.487 e. The van der Waals surface area contributed by atoms with Crippen LogP contribution in [0.2, 0.25) is 0 Å². The largest absolute Gasteiger partial charge is 0.487 e. The highest BCUT2D eigenvalue weighted by Crippen LogP contribution is 2.62. The summed E-state index contributed by atoms with van der Waals surface area (Å²) >= 11 is 0. The third kappa shape index (κ3) is 11.2. The van der Waals surface area contributed by atoms with Gasteiger partial charge in [0.15, 0.2) is 0 Å². The first-order valence-electron chi connectivity index (χ1n) is 23.3. The molecule has 1 unspecified atom stereocenters. The molecule has 0 bridgehead atoms. The summed E-state index contributed by atoms with van der Waals surface area (Å²) in [5.41, 5.74) is 4.90. The standard InChI is InChI=1S/C51H64N4O10/c1-4-26-54(47(58)25-20-36-18-21-39(22-19-36)55(59)60)46-33-44(53-65-48-17-8-11-30-61-48)42-31-37(14-6-9-27-56)41(16-7-10-28-57)49-43-32-40(62-34-38-15-12-13-35(3)52-38)23-24-45(43)64-51(46,50(42)49)63-29-5-2/h5,12-13,15,18-25,31-32,37,41,46,48-50,56-57H,2,4,6-11,14,16-17,26-30,33-34H2,1,3H3/t37-,41+,46-,48?,49+,50+,51+/m0/s1. The van der Waals surface area contributed by atoms with E-state index in [-0.39, 0.29) is 62.2 Å². The highest BCUT2D eigenvalue weighted by Gasteiger charge is 2.65. The molecule has 0 radical (unpaired) electrons. The predicted molar refractivity (Wildman–Crippen MR) is 247 cm³/mol. The Morgan fingerprint density at radius 2 is 1.88 bits per heavy atom. The van der Waals surface area contributed by atoms with Gasteiger partial charge in [0.25, 0.3) is 5.69 Å². The molecule has 14 nitrogen and oxygen atoms in total. The smallest absolute Gasteiger partial charge is 0.269 e. The number of unbranched alkanes of at least 4 members (excludes halogenated alkanes) is 2. The minimum atomic E-state index is -1.43. The van der Waals surface area contributed by atoms with Gasteiger partial charge in [0.1, 0.15) is 24.1 Å². The molecule has 7 atom stereocenters. The second kappa shape index (κ2) is 22.7. The molecule has 1 aromatic heterocycles. The summed E-state index contributed by atoms with van der Waals surface area (Å²) in [5.74, 6) is -1.04. The fraction of sp³-hybridized carbons (Fsp3) is 0.510. The predicted octanol–water partition coefficient (Wildman–Crippen LogP) is 8.99. The van der Waals surface area contributed by atoms with E-state index in [1.165, 1.54) is 18.2 Å². The number of non-ortho nitro benzene ring substituents is 1. The zero-order valence-corrected chi connectivity index (χ0v) is 37.7. The van der Waals surface area contributed by atoms with Crippen molar-refractivity contribution in [3.63, 3.8) is 0 Å². The van der Waals surface area contributed by atoms with Crippen LogP contribution in [-0.2, 0) is 25.7 Å². The molecule has 7 rings (SSSR count). The van der Waals surface area contributed by atoms with Crippen LogP contribution in [0.25, 0.3) is 6.08 Å². The molecule has 2 aliphatic carbocycles. The number of amides is 1. The Bertz CT molecular complexity index is 2190. The number of ether oxygens (including phenoxy) is 4. The van der Waals surface area contributed by atoms with E-state index >= 15 is 0 Å². The molecule has 3 heterocycles. The summed E-state index contributed by atoms with van der Waals surface area (Å²) in [5, 5.41) is 36.3. The van der Waals surface area contributed by atoms with Gasteiger partial charge in [-0.3, -0.25) is 19.9 Å². The number of allylic oxidation sites excluding steroid dienone is 1. The van der Waals surface area contributed by atoms with E-state index < -0.39 is 29.0 Å². The molecule has 65 heavy (non-hydrogen) atoms. The van der Waals surface area contributed by atoms with Crippen molar-refractivity contribution in [3.8, 4) is 11.5 Å². The van der Waals surface area contributed by atoms with Crippen molar-refractivity contribution in [2.45, 2.75) is 115 Å². The number of carbonyl (C=O) groups is 1. The number of oxime groups is 1. The van der Waals surface area contributed by atoms with Gasteiger partial charge in [-0.1, -0.05) is 43.1 Å². The van der Waals surface area contributed by atoms with E-state index in [0.29, 0.717) is 61.6 Å². The van der Waals surface area contributed by atoms with Crippen LogP contribution in [0.5, 0.6) is 11.5 Å². The molecule has 2 fully saturated rings. The van der Waals surface area contributed by atoms with Crippen LogP contribution in [0.3, 0.4) is 0 Å². The normalized spacial score (nSPS) is 25.2. The summed E-state index contributed by atoms with van der Waals surface area (Å²) < 4.78 is 26.9. The number of aryl methyl sites for hydroxylation is 1. The van der Waals surface area contributed by atoms with Gasteiger partial charge in [0.2, 0.25) is 18.0 Å². The summed E-state index contributed by atoms with van der Waals surface area (Å²) in [6, 6.07) is 17.1. The Morgan fingerprint density at radius 1 is 1.08 bits per heavy atom. The van der Waals surface area contributed by atoms with E-state index in [1.807, 2.05) is 49.1 Å². The molecule has 2 N–H and O–H groups in total. The Labute approximate surface area is 382 Å². The first-order valence-corrected chi connectivity index (χ1v) is 23.3. The number of aromatic nitrogens is 1. The van der Waals surface area contributed by atoms with Crippen molar-refractivity contribution < 1.29 is 43.7 Å². The summed E-state index contributed by atoms with van der Waals surface area (Å²) in [6.45, 7) is 9.55. The molecule has 2 aliphatic heterocycles. The summed E-state index contributed by atoms with van der Waals surface area (Å²) in [4.78, 5) is 38.4. The van der Waals surface area contributed by atoms with Gasteiger partial charge >= 0.3 is 0 Å². The van der Waals surface area contributed by atoms with E-state index in [4.69, 9.17) is 28.9 Å². The third-order valence-electron chi connectivity index (χ3n) is 13.0. The van der Waals surface area contributed by atoms with Crippen molar-refractivity contribution in [3.05, 3.63) is 124 Å². The number of pyridine rings is 1. The van der Waals surface area contributed by atoms with E-state index in [9.17, 15) is 25.1 Å². The van der Waals surface area contributed by atoms with Crippen molar-refractivity contribution in [2.24, 2.45) is 22.9 Å². The number of benzene rings is 2. The Morgan fingerprint density at radius 3 is 2.58 bits per heavy atom. The molecular weight excluding hydrogens is 829 g/mol. The lowest BCUT2D eigenvalue weighted by molar-refractivity contribution is -0.384. The van der Waals surface area contributed by atoms with Gasteiger partial charge < -0.3 is 38.9 Å². The minimum absolute atomic E-state index is 0.0369. The van der Waals surface area contributed by atoms with Gasteiger partial charge in [-0.25, -0.2) is 0 Å². The first kappa shape index (κ1) is 47.5. The molecule has 14 heteroatoms. The van der Waals surface area contributed by atoms with Crippen LogP contribution >= 0.6 is 0 Å². The van der Waals surface area contributed by atoms with Gasteiger partial charge in [-0.05, 0) is 123 Å². The Hall–Kier alpha value is -5.41. The van der Waals surface area contributed by atoms with Gasteiger partial charge in [-0.2, -0.15) is 0 Å². The zero-order chi connectivity index (χ0) is 45.8. The van der Waals surface area contributed by atoms with Crippen LogP contribution in [-0.4, -0.2) is 87.7 Å². The Balaban J connectivity index is 1.40. The highest BCUT2D eigenvalue weighted by atomic mass is 16.8. The zero-order valence-electron chi connectivity index (χ0n) is 37.7.